The standard InChI is InChI=1S/C23H22BrN5O2/c1-2-3-4-5-10-21(23(30)31)29-14-19(24)18-13-15(11-12-20(18)29)16-8-6-7-9-17(16)22-25-27-28-26-22/h6-14H,2-5H2,1H3,(H,30,31)(H,25,26,27,28). The molecule has 31 heavy (non-hydrogen) atoms. The van der Waals surface area contributed by atoms with Gasteiger partial charge in [-0.2, -0.15) is 5.21 Å². The van der Waals surface area contributed by atoms with E-state index in [1.807, 2.05) is 54.7 Å². The second-order valence-electron chi connectivity index (χ2n) is 7.25. The number of hydrogen-bond acceptors (Lipinski definition) is 4. The van der Waals surface area contributed by atoms with Crippen LogP contribution in [-0.4, -0.2) is 36.3 Å². The van der Waals surface area contributed by atoms with Crippen LogP contribution in [-0.2, 0) is 4.79 Å². The van der Waals surface area contributed by atoms with E-state index in [9.17, 15) is 9.90 Å². The molecular formula is C23H22BrN5O2. The van der Waals surface area contributed by atoms with E-state index >= 15 is 0 Å². The Bertz CT molecular complexity index is 1240. The highest BCUT2D eigenvalue weighted by molar-refractivity contribution is 9.10. The summed E-state index contributed by atoms with van der Waals surface area (Å²) in [5.41, 5.74) is 3.92. The number of hydrogen-bond donors (Lipinski definition) is 2. The van der Waals surface area contributed by atoms with Crippen molar-refractivity contribution in [1.82, 2.24) is 25.2 Å². The third-order valence-electron chi connectivity index (χ3n) is 5.20. The van der Waals surface area contributed by atoms with Gasteiger partial charge in [-0.1, -0.05) is 56.2 Å². The molecule has 0 unspecified atom stereocenters. The molecule has 0 amide bonds. The van der Waals surface area contributed by atoms with Crippen LogP contribution in [0.15, 0.2) is 59.2 Å². The molecule has 2 aromatic heterocycles. The minimum atomic E-state index is -0.938. The Morgan fingerprint density at radius 2 is 2.00 bits per heavy atom. The number of fused-ring (bicyclic) bond motifs is 1. The van der Waals surface area contributed by atoms with Crippen molar-refractivity contribution in [3.8, 4) is 22.5 Å². The third kappa shape index (κ3) is 4.29. The van der Waals surface area contributed by atoms with Gasteiger partial charge in [-0.05, 0) is 57.2 Å². The van der Waals surface area contributed by atoms with Crippen molar-refractivity contribution in [2.45, 2.75) is 32.6 Å². The lowest BCUT2D eigenvalue weighted by atomic mass is 9.98. The summed E-state index contributed by atoms with van der Waals surface area (Å²) in [4.78, 5) is 12.0. The average Bonchev–Trinajstić information content (AvgIpc) is 3.42. The van der Waals surface area contributed by atoms with Crippen LogP contribution in [0.4, 0.5) is 0 Å². The van der Waals surface area contributed by atoms with Gasteiger partial charge in [-0.15, -0.1) is 10.2 Å². The molecule has 0 spiro atoms. The first-order valence-corrected chi connectivity index (χ1v) is 11.0. The Balaban J connectivity index is 1.78. The Morgan fingerprint density at radius 1 is 1.19 bits per heavy atom. The summed E-state index contributed by atoms with van der Waals surface area (Å²) in [6.45, 7) is 2.13. The van der Waals surface area contributed by atoms with E-state index in [0.29, 0.717) is 5.82 Å². The van der Waals surface area contributed by atoms with Crippen molar-refractivity contribution in [2.24, 2.45) is 0 Å². The normalized spacial score (nSPS) is 11.9. The number of carboxylic acids is 1. The first kappa shape index (κ1) is 21.0. The number of aromatic amines is 1. The molecule has 0 saturated carbocycles. The predicted octanol–water partition coefficient (Wildman–Crippen LogP) is 5.76. The second kappa shape index (κ2) is 9.26. The molecule has 4 rings (SSSR count). The van der Waals surface area contributed by atoms with Gasteiger partial charge in [0.2, 0.25) is 5.82 Å². The lowest BCUT2D eigenvalue weighted by Gasteiger charge is -2.09. The van der Waals surface area contributed by atoms with Crippen molar-refractivity contribution in [2.75, 3.05) is 0 Å². The van der Waals surface area contributed by atoms with E-state index in [1.165, 1.54) is 0 Å². The minimum absolute atomic E-state index is 0.270. The molecule has 7 nitrogen and oxygen atoms in total. The molecule has 0 aliphatic rings. The van der Waals surface area contributed by atoms with E-state index in [0.717, 1.165) is 57.7 Å². The zero-order chi connectivity index (χ0) is 21.8. The monoisotopic (exact) mass is 479 g/mol. The number of H-pyrrole nitrogens is 1. The molecule has 0 fully saturated rings. The van der Waals surface area contributed by atoms with E-state index < -0.39 is 5.97 Å². The maximum absolute atomic E-state index is 12.0. The fourth-order valence-corrected chi connectivity index (χ4v) is 4.21. The van der Waals surface area contributed by atoms with Gasteiger partial charge in [0.1, 0.15) is 5.70 Å². The molecule has 0 saturated heterocycles. The summed E-state index contributed by atoms with van der Waals surface area (Å²) in [6, 6.07) is 13.8. The predicted molar refractivity (Wildman–Crippen MR) is 124 cm³/mol. The van der Waals surface area contributed by atoms with E-state index in [-0.39, 0.29) is 5.70 Å². The van der Waals surface area contributed by atoms with E-state index in [4.69, 9.17) is 0 Å². The first-order chi connectivity index (χ1) is 15.1. The molecule has 0 aliphatic heterocycles. The number of allylic oxidation sites excluding steroid dienone is 1. The molecule has 0 bridgehead atoms. The maximum Gasteiger partial charge on any atom is 0.352 e. The molecule has 0 radical (unpaired) electrons. The highest BCUT2D eigenvalue weighted by Gasteiger charge is 2.17. The number of carbonyl (C=O) groups is 1. The number of tetrazole rings is 1. The van der Waals surface area contributed by atoms with Gasteiger partial charge in [-0.3, -0.25) is 0 Å². The topological polar surface area (TPSA) is 96.7 Å². The van der Waals surface area contributed by atoms with Crippen LogP contribution in [0.25, 0.3) is 39.1 Å². The quantitative estimate of drug-likeness (QED) is 0.247. The van der Waals surface area contributed by atoms with E-state index in [1.54, 1.807) is 4.57 Å². The number of carboxylic acid groups (broad SMARTS) is 1. The molecule has 4 aromatic rings. The molecule has 8 heteroatoms. The third-order valence-corrected chi connectivity index (χ3v) is 5.84. The number of unbranched alkanes of at least 4 members (excludes halogenated alkanes) is 3. The van der Waals surface area contributed by atoms with Crippen molar-refractivity contribution in [3.05, 3.63) is 59.2 Å². The highest BCUT2D eigenvalue weighted by atomic mass is 79.9. The average molecular weight is 480 g/mol. The summed E-state index contributed by atoms with van der Waals surface area (Å²) in [6.07, 6.45) is 7.53. The number of aromatic nitrogens is 5. The number of rotatable bonds is 8. The van der Waals surface area contributed by atoms with Crippen LogP contribution in [0.5, 0.6) is 0 Å². The highest BCUT2D eigenvalue weighted by Crippen LogP contribution is 2.35. The van der Waals surface area contributed by atoms with Crippen LogP contribution >= 0.6 is 15.9 Å². The van der Waals surface area contributed by atoms with Crippen LogP contribution in [0.2, 0.25) is 0 Å². The first-order valence-electron chi connectivity index (χ1n) is 10.2. The number of benzene rings is 2. The van der Waals surface area contributed by atoms with Gasteiger partial charge in [-0.25, -0.2) is 4.79 Å². The molecule has 2 aromatic carbocycles. The lowest BCUT2D eigenvalue weighted by molar-refractivity contribution is -0.130. The summed E-state index contributed by atoms with van der Waals surface area (Å²) in [7, 11) is 0. The summed E-state index contributed by atoms with van der Waals surface area (Å²) in [5.74, 6) is -0.414. The van der Waals surface area contributed by atoms with Crippen LogP contribution < -0.4 is 0 Å². The maximum atomic E-state index is 12.0. The summed E-state index contributed by atoms with van der Waals surface area (Å²) < 4.78 is 2.57. The van der Waals surface area contributed by atoms with Gasteiger partial charge in [0, 0.05) is 21.6 Å². The van der Waals surface area contributed by atoms with Crippen LogP contribution in [0, 0.1) is 0 Å². The van der Waals surface area contributed by atoms with Gasteiger partial charge in [0.15, 0.2) is 0 Å². The van der Waals surface area contributed by atoms with Gasteiger partial charge >= 0.3 is 5.97 Å². The second-order valence-corrected chi connectivity index (χ2v) is 8.10. The zero-order valence-corrected chi connectivity index (χ0v) is 18.6. The molecule has 2 N–H and O–H groups in total. The summed E-state index contributed by atoms with van der Waals surface area (Å²) >= 11 is 3.61. The minimum Gasteiger partial charge on any atom is -0.477 e. The van der Waals surface area contributed by atoms with Crippen molar-refractivity contribution in [1.29, 1.82) is 0 Å². The molecule has 2 heterocycles. The Labute approximate surface area is 187 Å². The van der Waals surface area contributed by atoms with Crippen molar-refractivity contribution < 1.29 is 9.90 Å². The van der Waals surface area contributed by atoms with Crippen LogP contribution in [0.3, 0.4) is 0 Å². The molecule has 158 valence electrons. The zero-order valence-electron chi connectivity index (χ0n) is 17.0. The van der Waals surface area contributed by atoms with E-state index in [2.05, 4.69) is 43.5 Å². The number of halogens is 1. The van der Waals surface area contributed by atoms with Gasteiger partial charge < -0.3 is 9.67 Å². The molecular weight excluding hydrogens is 458 g/mol. The fraction of sp³-hybridized carbons (Fsp3) is 0.217. The smallest absolute Gasteiger partial charge is 0.352 e. The Hall–Kier alpha value is -3.26. The summed E-state index contributed by atoms with van der Waals surface area (Å²) in [5, 5.41) is 25.1. The number of nitrogens with one attached hydrogen (secondary N) is 1. The largest absolute Gasteiger partial charge is 0.477 e. The Kier molecular flexibility index (Phi) is 6.27. The molecule has 0 aliphatic carbocycles. The fourth-order valence-electron chi connectivity index (χ4n) is 3.68. The van der Waals surface area contributed by atoms with Gasteiger partial charge in [0.25, 0.3) is 0 Å². The van der Waals surface area contributed by atoms with Crippen molar-refractivity contribution >= 4 is 38.5 Å². The van der Waals surface area contributed by atoms with Crippen molar-refractivity contribution in [3.63, 3.8) is 0 Å². The molecule has 0 atom stereocenters. The number of nitrogens with zero attached hydrogens (tertiary/aromatic N) is 4. The SMILES string of the molecule is CCCCCC=C(C(=O)O)n1cc(Br)c2cc(-c3ccccc3-c3nn[nH]n3)ccc21. The lowest BCUT2D eigenvalue weighted by Crippen LogP contribution is -2.07. The van der Waals surface area contributed by atoms with Crippen LogP contribution in [0.1, 0.15) is 32.6 Å². The van der Waals surface area contributed by atoms with Gasteiger partial charge in [0.05, 0.1) is 5.52 Å². The number of aliphatic carboxylic acids is 1. The Morgan fingerprint density at radius 3 is 2.71 bits per heavy atom.